The normalized spacial score (nSPS) is 12.9. The number of carbonyl (C=O) groups excluding carboxylic acids is 7. The van der Waals surface area contributed by atoms with Gasteiger partial charge in [0.2, 0.25) is 35.4 Å². The molecule has 0 fully saturated rings. The second-order valence-electron chi connectivity index (χ2n) is 10.8. The lowest BCUT2D eigenvalue weighted by Crippen LogP contribution is -2.57. The van der Waals surface area contributed by atoms with Gasteiger partial charge in [0, 0.05) is 25.9 Å². The third kappa shape index (κ3) is 17.1. The van der Waals surface area contributed by atoms with Crippen LogP contribution in [0.4, 0.5) is 0 Å². The maximum Gasteiger partial charge on any atom is 0.243 e. The van der Waals surface area contributed by atoms with Gasteiger partial charge in [0.25, 0.3) is 0 Å². The van der Waals surface area contributed by atoms with E-state index in [9.17, 15) is 33.6 Å². The van der Waals surface area contributed by atoms with E-state index in [0.717, 1.165) is 0 Å². The highest BCUT2D eigenvalue weighted by atomic mass is 16.2. The molecule has 16 N–H and O–H groups in total. The largest absolute Gasteiger partial charge is 0.370 e. The molecule has 0 aromatic heterocycles. The van der Waals surface area contributed by atoms with Gasteiger partial charge in [-0.2, -0.15) is 0 Å². The van der Waals surface area contributed by atoms with Crippen molar-refractivity contribution < 1.29 is 33.6 Å². The van der Waals surface area contributed by atoms with Gasteiger partial charge in [0.15, 0.2) is 11.9 Å². The highest BCUT2D eigenvalue weighted by Gasteiger charge is 2.30. The van der Waals surface area contributed by atoms with E-state index >= 15 is 0 Å². The van der Waals surface area contributed by atoms with Crippen LogP contribution >= 0.6 is 0 Å². The molecule has 1 rings (SSSR count). The molecular weight excluding hydrogens is 628 g/mol. The summed E-state index contributed by atoms with van der Waals surface area (Å²) in [5, 5.41) is 9.83. The quantitative estimate of drug-likeness (QED) is 0.0242. The highest BCUT2D eigenvalue weighted by molar-refractivity contribution is 6.01. The lowest BCUT2D eigenvalue weighted by atomic mass is 10.0. The van der Waals surface area contributed by atoms with Gasteiger partial charge in [-0.05, 0) is 38.2 Å². The van der Waals surface area contributed by atoms with E-state index in [0.29, 0.717) is 12.0 Å². The highest BCUT2D eigenvalue weighted by Crippen LogP contribution is 2.08. The Morgan fingerprint density at radius 2 is 1.08 bits per heavy atom. The third-order valence-corrected chi connectivity index (χ3v) is 6.61. The zero-order valence-corrected chi connectivity index (χ0v) is 26.8. The zero-order chi connectivity index (χ0) is 36.2. The van der Waals surface area contributed by atoms with E-state index in [1.807, 2.05) is 0 Å². The van der Waals surface area contributed by atoms with Crippen LogP contribution in [0.25, 0.3) is 0 Å². The maximum absolute atomic E-state index is 13.6. The predicted molar refractivity (Wildman–Crippen MR) is 176 cm³/mol. The minimum Gasteiger partial charge on any atom is -0.370 e. The van der Waals surface area contributed by atoms with Crippen molar-refractivity contribution >= 4 is 53.1 Å². The molecule has 1 aromatic rings. The van der Waals surface area contributed by atoms with Crippen molar-refractivity contribution in [3.63, 3.8) is 0 Å². The zero-order valence-electron chi connectivity index (χ0n) is 26.8. The number of carbonyl (C=O) groups is 7. The molecule has 0 aliphatic heterocycles. The molecule has 19 heteroatoms. The number of Topliss-reactive ketones (excluding diaryl/α,β-unsaturated/α-hetero) is 1. The molecule has 0 bridgehead atoms. The van der Waals surface area contributed by atoms with E-state index in [2.05, 4.69) is 31.3 Å². The van der Waals surface area contributed by atoms with Gasteiger partial charge in [0.1, 0.15) is 36.4 Å². The second kappa shape index (κ2) is 21.1. The number of nitrogens with two attached hydrogens (primary N) is 6. The van der Waals surface area contributed by atoms with Crippen LogP contribution < -0.4 is 55.7 Å². The number of hydrogen-bond acceptors (Lipinski definition) is 9. The van der Waals surface area contributed by atoms with Gasteiger partial charge in [-0.15, -0.1) is 0 Å². The number of benzene rings is 1. The number of rotatable bonds is 22. The van der Waals surface area contributed by atoms with Gasteiger partial charge in [0.05, 0.1) is 0 Å². The van der Waals surface area contributed by atoms with Crippen LogP contribution in [0.1, 0.15) is 51.0 Å². The molecule has 0 heterocycles. The molecule has 6 amide bonds. The molecule has 0 spiro atoms. The fourth-order valence-corrected chi connectivity index (χ4v) is 4.31. The van der Waals surface area contributed by atoms with Crippen LogP contribution in [0.2, 0.25) is 0 Å². The van der Waals surface area contributed by atoms with Gasteiger partial charge < -0.3 is 55.7 Å². The topological polar surface area (TPSA) is 348 Å². The van der Waals surface area contributed by atoms with E-state index in [-0.39, 0.29) is 57.1 Å². The third-order valence-electron chi connectivity index (χ3n) is 6.61. The first-order valence-electron chi connectivity index (χ1n) is 15.0. The van der Waals surface area contributed by atoms with Gasteiger partial charge in [-0.1, -0.05) is 30.3 Å². The minimum atomic E-state index is -1.32. The molecule has 19 nitrogen and oxygen atoms in total. The maximum atomic E-state index is 13.6. The summed E-state index contributed by atoms with van der Waals surface area (Å²) in [4.78, 5) is 95.1. The Morgan fingerprint density at radius 3 is 1.56 bits per heavy atom. The molecular formula is C29H46N12O7. The van der Waals surface area contributed by atoms with Crippen molar-refractivity contribution in [3.05, 3.63) is 35.9 Å². The van der Waals surface area contributed by atoms with Crippen LogP contribution in [-0.2, 0) is 40.0 Å². The fourth-order valence-electron chi connectivity index (χ4n) is 4.31. The first-order valence-corrected chi connectivity index (χ1v) is 15.0. The summed E-state index contributed by atoms with van der Waals surface area (Å²) in [5.74, 6) is -5.87. The van der Waals surface area contributed by atoms with Crippen molar-refractivity contribution in [2.75, 3.05) is 13.1 Å². The molecule has 4 atom stereocenters. The van der Waals surface area contributed by atoms with Crippen molar-refractivity contribution in [2.24, 2.45) is 44.4 Å². The molecule has 1 aromatic carbocycles. The smallest absolute Gasteiger partial charge is 0.243 e. The number of aliphatic imine (C=N–C) groups is 2. The van der Waals surface area contributed by atoms with Gasteiger partial charge in [-0.3, -0.25) is 43.5 Å². The van der Waals surface area contributed by atoms with Crippen molar-refractivity contribution in [2.45, 2.75) is 76.0 Å². The molecule has 48 heavy (non-hydrogen) atoms. The van der Waals surface area contributed by atoms with Crippen LogP contribution in [-0.4, -0.2) is 90.4 Å². The summed E-state index contributed by atoms with van der Waals surface area (Å²) in [7, 11) is 0. The lowest BCUT2D eigenvalue weighted by molar-refractivity contribution is -0.135. The number of ketones is 1. The molecule has 0 radical (unpaired) electrons. The molecule has 264 valence electrons. The summed E-state index contributed by atoms with van der Waals surface area (Å²) in [5.41, 5.74) is 32.8. The van der Waals surface area contributed by atoms with Gasteiger partial charge in [-0.25, -0.2) is 0 Å². The van der Waals surface area contributed by atoms with Crippen LogP contribution in [0.3, 0.4) is 0 Å². The monoisotopic (exact) mass is 674 g/mol. The Hall–Kier alpha value is -5.75. The Balaban J connectivity index is 3.17. The SMILES string of the molecule is CC(=O)C[C@H](NC(=O)CC(=O)N[C@@H](CCCN=C(N)N)C(=O)N[C@H](Cc1ccccc1)C(=O)N[C@@H](CCCN=C(N)N)C(N)=O)C(N)=O. The summed E-state index contributed by atoms with van der Waals surface area (Å²) in [6, 6.07) is 3.75. The first kappa shape index (κ1) is 40.3. The molecule has 0 saturated carbocycles. The molecule has 0 aliphatic rings. The van der Waals surface area contributed by atoms with Crippen LogP contribution in [0, 0.1) is 0 Å². The standard InChI is InChI=1S/C29H46N12O7/c1-16(42)13-20(25(31)46)39-23(44)15-22(43)38-19(10-6-12-37-29(34)35)26(47)41-21(14-17-7-3-2-4-8-17)27(48)40-18(24(30)45)9-5-11-36-28(32)33/h2-4,7-8,18-21H,5-6,9-15H2,1H3,(H2,30,45)(H2,31,46)(H,38,43)(H,39,44)(H,40,48)(H,41,47)(H4,32,33,36)(H4,34,35,37)/t18-,19-,20-,21+/m0/s1. The average Bonchev–Trinajstić information content (AvgIpc) is 2.99. The average molecular weight is 675 g/mol. The number of hydrogen-bond donors (Lipinski definition) is 10. The molecule has 0 saturated heterocycles. The number of guanidine groups is 2. The Bertz CT molecular complexity index is 1350. The summed E-state index contributed by atoms with van der Waals surface area (Å²) in [6.07, 6.45) is -0.561. The van der Waals surface area contributed by atoms with E-state index in [1.54, 1.807) is 30.3 Å². The number of nitrogens with one attached hydrogen (secondary N) is 4. The lowest BCUT2D eigenvalue weighted by Gasteiger charge is -2.25. The minimum absolute atomic E-state index is 0.000374. The summed E-state index contributed by atoms with van der Waals surface area (Å²) < 4.78 is 0. The Labute approximate surface area is 277 Å². The Morgan fingerprint density at radius 1 is 0.625 bits per heavy atom. The Kier molecular flexibility index (Phi) is 17.7. The number of nitrogens with zero attached hydrogens (tertiary/aromatic N) is 2. The number of primary amides is 2. The van der Waals surface area contributed by atoms with Gasteiger partial charge >= 0.3 is 0 Å². The van der Waals surface area contributed by atoms with E-state index < -0.39 is 71.8 Å². The van der Waals surface area contributed by atoms with Crippen LogP contribution in [0.5, 0.6) is 0 Å². The molecule has 0 unspecified atom stereocenters. The summed E-state index contributed by atoms with van der Waals surface area (Å²) in [6.45, 7) is 1.49. The van der Waals surface area contributed by atoms with Crippen LogP contribution in [0.15, 0.2) is 40.3 Å². The predicted octanol–water partition coefficient (Wildman–Crippen LogP) is -4.38. The van der Waals surface area contributed by atoms with Crippen molar-refractivity contribution in [1.29, 1.82) is 0 Å². The van der Waals surface area contributed by atoms with E-state index in [4.69, 9.17) is 34.4 Å². The summed E-state index contributed by atoms with van der Waals surface area (Å²) >= 11 is 0. The molecule has 0 aliphatic carbocycles. The number of amides is 6. The second-order valence-corrected chi connectivity index (χ2v) is 10.8. The first-order chi connectivity index (χ1) is 22.6. The van der Waals surface area contributed by atoms with Crippen molar-refractivity contribution in [3.8, 4) is 0 Å². The fraction of sp³-hybridized carbons (Fsp3) is 0.483. The van der Waals surface area contributed by atoms with Crippen molar-refractivity contribution in [1.82, 2.24) is 21.3 Å². The van der Waals surface area contributed by atoms with E-state index in [1.165, 1.54) is 6.92 Å².